The third-order valence-electron chi connectivity index (χ3n) is 4.06. The molecule has 0 aromatic heterocycles. The van der Waals surface area contributed by atoms with Gasteiger partial charge in [-0.3, -0.25) is 4.90 Å². The highest BCUT2D eigenvalue weighted by Crippen LogP contribution is 2.27. The molecule has 0 saturated carbocycles. The van der Waals surface area contributed by atoms with Crippen LogP contribution in [-0.4, -0.2) is 37.6 Å². The molecule has 0 unspecified atom stereocenters. The van der Waals surface area contributed by atoms with Gasteiger partial charge < -0.3 is 5.32 Å². The SMILES string of the molecule is C=C(CN1C[C@H]2CNC[C@H]2C1)c1ccccc1. The van der Waals surface area contributed by atoms with Crippen molar-refractivity contribution >= 4 is 5.57 Å². The zero-order valence-corrected chi connectivity index (χ0v) is 10.2. The van der Waals surface area contributed by atoms with E-state index in [1.54, 1.807) is 0 Å². The van der Waals surface area contributed by atoms with Gasteiger partial charge in [0.2, 0.25) is 0 Å². The van der Waals surface area contributed by atoms with Gasteiger partial charge in [0.1, 0.15) is 0 Å². The Labute approximate surface area is 103 Å². The summed E-state index contributed by atoms with van der Waals surface area (Å²) in [6.07, 6.45) is 0. The summed E-state index contributed by atoms with van der Waals surface area (Å²) in [5.41, 5.74) is 2.53. The molecule has 2 aliphatic heterocycles. The molecule has 2 heterocycles. The summed E-state index contributed by atoms with van der Waals surface area (Å²) in [4.78, 5) is 2.56. The minimum Gasteiger partial charge on any atom is -0.316 e. The van der Waals surface area contributed by atoms with Crippen LogP contribution in [0.3, 0.4) is 0 Å². The van der Waals surface area contributed by atoms with E-state index in [2.05, 4.69) is 47.1 Å². The Balaban J connectivity index is 1.60. The zero-order valence-electron chi connectivity index (χ0n) is 10.2. The van der Waals surface area contributed by atoms with Crippen molar-refractivity contribution in [3.8, 4) is 0 Å². The molecule has 17 heavy (non-hydrogen) atoms. The number of hydrogen-bond acceptors (Lipinski definition) is 2. The quantitative estimate of drug-likeness (QED) is 0.849. The van der Waals surface area contributed by atoms with Crippen LogP contribution in [0.4, 0.5) is 0 Å². The lowest BCUT2D eigenvalue weighted by molar-refractivity contribution is 0.351. The highest BCUT2D eigenvalue weighted by Gasteiger charge is 2.35. The first kappa shape index (κ1) is 11.0. The molecular formula is C15H20N2. The first-order valence-electron chi connectivity index (χ1n) is 6.49. The van der Waals surface area contributed by atoms with Crippen LogP contribution >= 0.6 is 0 Å². The van der Waals surface area contributed by atoms with Crippen LogP contribution in [0, 0.1) is 11.8 Å². The molecule has 1 N–H and O–H groups in total. The fraction of sp³-hybridized carbons (Fsp3) is 0.467. The van der Waals surface area contributed by atoms with Crippen molar-refractivity contribution in [3.63, 3.8) is 0 Å². The maximum Gasteiger partial charge on any atom is 0.0234 e. The third-order valence-corrected chi connectivity index (χ3v) is 4.06. The highest BCUT2D eigenvalue weighted by molar-refractivity contribution is 5.64. The molecule has 0 spiro atoms. The fourth-order valence-corrected chi connectivity index (χ4v) is 3.12. The van der Waals surface area contributed by atoms with Crippen LogP contribution in [0.1, 0.15) is 5.56 Å². The largest absolute Gasteiger partial charge is 0.316 e. The molecule has 90 valence electrons. The average molecular weight is 228 g/mol. The minimum atomic E-state index is 0.874. The van der Waals surface area contributed by atoms with Crippen LogP contribution in [0.25, 0.3) is 5.57 Å². The normalized spacial score (nSPS) is 28.2. The van der Waals surface area contributed by atoms with Gasteiger partial charge in [-0.2, -0.15) is 0 Å². The van der Waals surface area contributed by atoms with E-state index < -0.39 is 0 Å². The molecule has 1 aromatic rings. The Morgan fingerprint density at radius 1 is 1.18 bits per heavy atom. The van der Waals surface area contributed by atoms with Gasteiger partial charge in [0, 0.05) is 19.6 Å². The molecule has 0 bridgehead atoms. The van der Waals surface area contributed by atoms with Crippen molar-refractivity contribution in [3.05, 3.63) is 42.5 Å². The molecule has 2 aliphatic rings. The molecule has 0 aliphatic carbocycles. The monoisotopic (exact) mass is 228 g/mol. The predicted molar refractivity (Wildman–Crippen MR) is 71.8 cm³/mol. The molecule has 2 heteroatoms. The molecule has 3 rings (SSSR count). The molecule has 1 aromatic carbocycles. The summed E-state index contributed by atoms with van der Waals surface area (Å²) in [5, 5.41) is 3.48. The number of benzene rings is 1. The second-order valence-corrected chi connectivity index (χ2v) is 5.34. The molecule has 2 fully saturated rings. The van der Waals surface area contributed by atoms with Crippen molar-refractivity contribution < 1.29 is 0 Å². The first-order valence-corrected chi connectivity index (χ1v) is 6.49. The lowest BCUT2D eigenvalue weighted by Crippen LogP contribution is -2.27. The topological polar surface area (TPSA) is 15.3 Å². The molecule has 0 amide bonds. The van der Waals surface area contributed by atoms with E-state index >= 15 is 0 Å². The standard InChI is InChI=1S/C15H20N2/c1-12(13-5-3-2-4-6-13)9-17-10-14-7-16-8-15(14)11-17/h2-6,14-16H,1,7-11H2/t14-,15+. The van der Waals surface area contributed by atoms with Crippen molar-refractivity contribution in [1.29, 1.82) is 0 Å². The van der Waals surface area contributed by atoms with E-state index in [0.717, 1.165) is 18.4 Å². The molecular weight excluding hydrogens is 208 g/mol. The van der Waals surface area contributed by atoms with Crippen molar-refractivity contribution in [1.82, 2.24) is 10.2 Å². The smallest absolute Gasteiger partial charge is 0.0234 e. The maximum absolute atomic E-state index is 4.23. The lowest BCUT2D eigenvalue weighted by atomic mass is 10.0. The van der Waals surface area contributed by atoms with E-state index in [4.69, 9.17) is 0 Å². The average Bonchev–Trinajstić information content (AvgIpc) is 2.90. The predicted octanol–water partition coefficient (Wildman–Crippen LogP) is 1.85. The first-order chi connectivity index (χ1) is 8.33. The van der Waals surface area contributed by atoms with Gasteiger partial charge in [-0.15, -0.1) is 0 Å². The van der Waals surface area contributed by atoms with Crippen molar-refractivity contribution in [2.45, 2.75) is 0 Å². The van der Waals surface area contributed by atoms with Gasteiger partial charge in [0.15, 0.2) is 0 Å². The summed E-state index contributed by atoms with van der Waals surface area (Å²) in [7, 11) is 0. The number of fused-ring (bicyclic) bond motifs is 1. The van der Waals surface area contributed by atoms with Gasteiger partial charge >= 0.3 is 0 Å². The number of nitrogens with one attached hydrogen (secondary N) is 1. The maximum atomic E-state index is 4.23. The Bertz CT molecular complexity index is 387. The van der Waals surface area contributed by atoms with E-state index in [1.165, 1.54) is 37.3 Å². The third kappa shape index (κ3) is 2.28. The van der Waals surface area contributed by atoms with E-state index in [0.29, 0.717) is 0 Å². The van der Waals surface area contributed by atoms with E-state index in [1.807, 2.05) is 0 Å². The van der Waals surface area contributed by atoms with E-state index in [9.17, 15) is 0 Å². The molecule has 2 atom stereocenters. The fourth-order valence-electron chi connectivity index (χ4n) is 3.12. The van der Waals surface area contributed by atoms with Crippen LogP contribution in [0.2, 0.25) is 0 Å². The van der Waals surface area contributed by atoms with Crippen molar-refractivity contribution in [2.24, 2.45) is 11.8 Å². The van der Waals surface area contributed by atoms with Crippen LogP contribution in [0.5, 0.6) is 0 Å². The van der Waals surface area contributed by atoms with Gasteiger partial charge in [0.25, 0.3) is 0 Å². The summed E-state index contributed by atoms with van der Waals surface area (Å²) < 4.78 is 0. The zero-order chi connectivity index (χ0) is 11.7. The minimum absolute atomic E-state index is 0.874. The van der Waals surface area contributed by atoms with Gasteiger partial charge in [-0.25, -0.2) is 0 Å². The Morgan fingerprint density at radius 3 is 2.47 bits per heavy atom. The van der Waals surface area contributed by atoms with Crippen molar-refractivity contribution in [2.75, 3.05) is 32.7 Å². The number of likely N-dealkylation sites (tertiary alicyclic amines) is 1. The summed E-state index contributed by atoms with van der Waals surface area (Å²) in [5.74, 6) is 1.75. The van der Waals surface area contributed by atoms with Gasteiger partial charge in [-0.05, 0) is 36.1 Å². The highest BCUT2D eigenvalue weighted by atomic mass is 15.2. The number of nitrogens with zero attached hydrogens (tertiary/aromatic N) is 1. The molecule has 2 nitrogen and oxygen atoms in total. The van der Waals surface area contributed by atoms with Crippen LogP contribution < -0.4 is 5.32 Å². The summed E-state index contributed by atoms with van der Waals surface area (Å²) in [6.45, 7) is 10.1. The number of rotatable bonds is 3. The molecule has 2 saturated heterocycles. The second-order valence-electron chi connectivity index (χ2n) is 5.34. The van der Waals surface area contributed by atoms with Gasteiger partial charge in [-0.1, -0.05) is 36.9 Å². The second kappa shape index (κ2) is 4.63. The summed E-state index contributed by atoms with van der Waals surface area (Å²) in [6, 6.07) is 10.5. The Hall–Kier alpha value is -1.12. The molecule has 0 radical (unpaired) electrons. The van der Waals surface area contributed by atoms with Crippen LogP contribution in [0.15, 0.2) is 36.9 Å². The number of hydrogen-bond donors (Lipinski definition) is 1. The Morgan fingerprint density at radius 2 is 1.82 bits per heavy atom. The van der Waals surface area contributed by atoms with Crippen LogP contribution in [-0.2, 0) is 0 Å². The Kier molecular flexibility index (Phi) is 3.00. The van der Waals surface area contributed by atoms with Gasteiger partial charge in [0.05, 0.1) is 0 Å². The summed E-state index contributed by atoms with van der Waals surface area (Å²) >= 11 is 0. The van der Waals surface area contributed by atoms with E-state index in [-0.39, 0.29) is 0 Å². The lowest BCUT2D eigenvalue weighted by Gasteiger charge is -2.18.